The predicted octanol–water partition coefficient (Wildman–Crippen LogP) is 7.32. The number of piperidine rings is 1. The molecule has 6 aromatic rings. The molecule has 1 unspecified atom stereocenters. The number of anilines is 4. The molecule has 8 heterocycles. The van der Waals surface area contributed by atoms with Crippen molar-refractivity contribution in [2.45, 2.75) is 95.9 Å². The molecule has 2 N–H and O–H groups in total. The molecule has 0 radical (unpaired) electrons. The topological polar surface area (TPSA) is 223 Å². The van der Waals surface area contributed by atoms with Crippen LogP contribution in [0.5, 0.6) is 11.9 Å². The number of carbonyl (C=O) groups is 1. The molecule has 3 fully saturated rings. The minimum Gasteiger partial charge on any atom is -0.475 e. The molecule has 4 aliphatic heterocycles. The second-order valence-corrected chi connectivity index (χ2v) is 22.8. The van der Waals surface area contributed by atoms with Gasteiger partial charge in [0.05, 0.1) is 108 Å². The molecule has 2 aromatic carbocycles. The third-order valence-electron chi connectivity index (χ3n) is 16.7. The first-order valence-electron chi connectivity index (χ1n) is 31.0. The quantitative estimate of drug-likeness (QED) is 0.0312. The average Bonchev–Trinajstić information content (AvgIpc) is 2.11. The fraction of sp³-hybridized carbons (Fsp3) is 0.547. The van der Waals surface area contributed by atoms with Gasteiger partial charge in [-0.3, -0.25) is 4.79 Å². The van der Waals surface area contributed by atoms with E-state index in [0.717, 1.165) is 127 Å². The average molecular weight is 1210 g/mol. The summed E-state index contributed by atoms with van der Waals surface area (Å²) in [5, 5.41) is 30.7. The molecule has 0 saturated carbocycles. The maximum absolute atomic E-state index is 13.6. The van der Waals surface area contributed by atoms with Crippen LogP contribution in [0.2, 0.25) is 5.02 Å². The minimum atomic E-state index is -0.336. The van der Waals surface area contributed by atoms with E-state index in [0.29, 0.717) is 135 Å². The second kappa shape index (κ2) is 32.3. The molecule has 87 heavy (non-hydrogen) atoms. The summed E-state index contributed by atoms with van der Waals surface area (Å²) in [5.74, 6) is 2.95. The highest BCUT2D eigenvalue weighted by molar-refractivity contribution is 6.36. The molecule has 4 aromatic heterocycles. The third kappa shape index (κ3) is 16.8. The number of aliphatic hydroxyl groups is 1. The molecule has 4 aliphatic rings. The molecule has 23 heteroatoms. The number of hydrogen-bond acceptors (Lipinski definition) is 20. The van der Waals surface area contributed by atoms with Gasteiger partial charge >= 0.3 is 6.01 Å². The standard InChI is InChI=1S/C64H84ClN13O9/c1-3-48-43-69-78-57(40-58(71-62(48)78)76-24-5-4-12-50(76)21-28-79)67-41-47-17-18-59(68-42-47)86-39-38-85-37-36-84-35-34-83-33-32-82-31-30-81-29-9-16-60(80)77-27-26-75(44-51(77)19-22-66)63-53-20-25-74(56-15-7-11-49-10-6-14-54(65)61(49)56)45-55(53)70-64(72-63)87-46-52-13-8-23-73(52)2/h6-7,9-11,14-18,40,42-43,50-52,67,79H,3-5,8,12-13,19-21,23-39,41,44-46H2,1-2H3/b16-9+/t50?,51-,52-/m0/s1. The van der Waals surface area contributed by atoms with Crippen molar-refractivity contribution in [3.63, 3.8) is 0 Å². The van der Waals surface area contributed by atoms with Crippen molar-refractivity contribution in [1.29, 1.82) is 5.26 Å². The fourth-order valence-corrected chi connectivity index (χ4v) is 12.3. The van der Waals surface area contributed by atoms with Gasteiger partial charge in [-0.15, -0.1) is 0 Å². The monoisotopic (exact) mass is 1210 g/mol. The first-order chi connectivity index (χ1) is 42.8. The van der Waals surface area contributed by atoms with Crippen LogP contribution in [0.4, 0.5) is 23.1 Å². The molecule has 3 saturated heterocycles. The number of piperazine rings is 1. The molecule has 0 aliphatic carbocycles. The molecule has 0 bridgehead atoms. The number of likely N-dealkylation sites (tertiary alicyclic amines) is 1. The van der Waals surface area contributed by atoms with E-state index in [1.165, 1.54) is 6.08 Å². The van der Waals surface area contributed by atoms with E-state index in [1.54, 1.807) is 17.2 Å². The molecule has 1 amide bonds. The smallest absolute Gasteiger partial charge is 0.318 e. The van der Waals surface area contributed by atoms with Crippen LogP contribution in [0.15, 0.2) is 79.1 Å². The van der Waals surface area contributed by atoms with Gasteiger partial charge in [0.25, 0.3) is 0 Å². The molecule has 3 atom stereocenters. The number of nitrogens with one attached hydrogen (secondary N) is 1. The number of hydrogen-bond donors (Lipinski definition) is 2. The van der Waals surface area contributed by atoms with Gasteiger partial charge in [0.2, 0.25) is 11.8 Å². The van der Waals surface area contributed by atoms with Crippen LogP contribution in [-0.2, 0) is 54.4 Å². The zero-order valence-corrected chi connectivity index (χ0v) is 51.2. The van der Waals surface area contributed by atoms with Crippen LogP contribution in [0.1, 0.15) is 74.3 Å². The number of aliphatic hydroxyl groups excluding tert-OH is 1. The van der Waals surface area contributed by atoms with E-state index in [2.05, 4.69) is 85.4 Å². The highest BCUT2D eigenvalue weighted by atomic mass is 35.5. The minimum absolute atomic E-state index is 0.157. The van der Waals surface area contributed by atoms with E-state index >= 15 is 0 Å². The summed E-state index contributed by atoms with van der Waals surface area (Å²) >= 11 is 6.79. The van der Waals surface area contributed by atoms with Gasteiger partial charge in [-0.05, 0) is 88.0 Å². The van der Waals surface area contributed by atoms with Gasteiger partial charge in [0.1, 0.15) is 30.7 Å². The lowest BCUT2D eigenvalue weighted by molar-refractivity contribution is -0.128. The van der Waals surface area contributed by atoms with Gasteiger partial charge in [0, 0.05) is 105 Å². The fourth-order valence-electron chi connectivity index (χ4n) is 12.0. The summed E-state index contributed by atoms with van der Waals surface area (Å²) < 4.78 is 42.4. The first kappa shape index (κ1) is 63.1. The van der Waals surface area contributed by atoms with E-state index in [-0.39, 0.29) is 37.6 Å². The Morgan fingerprint density at radius 2 is 1.59 bits per heavy atom. The SMILES string of the molecule is CCc1cnn2c(NCc3ccc(OCCOCCOCCOCCOCCOC/C=C/C(=O)N4CCN(c5nc(OC[C@@H]6CCCN6C)nc6c5CCN(c5cccc7cccc(Cl)c57)C6)C[C@@H]4CC#N)nc3)cc(N3CCCCC3CCO)nc12. The number of rotatable bonds is 32. The van der Waals surface area contributed by atoms with Crippen molar-refractivity contribution in [3.8, 4) is 18.0 Å². The molecular formula is C64H84ClN13O9. The Kier molecular flexibility index (Phi) is 23.4. The summed E-state index contributed by atoms with van der Waals surface area (Å²) in [5.41, 5.74) is 5.98. The number of aromatic nitrogens is 6. The molecule has 0 spiro atoms. The predicted molar refractivity (Wildman–Crippen MR) is 334 cm³/mol. The molecule has 22 nitrogen and oxygen atoms in total. The largest absolute Gasteiger partial charge is 0.475 e. The van der Waals surface area contributed by atoms with Crippen molar-refractivity contribution in [1.82, 2.24) is 39.3 Å². The summed E-state index contributed by atoms with van der Waals surface area (Å²) in [7, 11) is 2.13. The Hall–Kier alpha value is -6.94. The van der Waals surface area contributed by atoms with E-state index in [1.807, 2.05) is 35.0 Å². The summed E-state index contributed by atoms with van der Waals surface area (Å²) in [6.45, 7) is 12.4. The lowest BCUT2D eigenvalue weighted by Gasteiger charge is -2.42. The molecule has 10 rings (SSSR count). The van der Waals surface area contributed by atoms with Crippen molar-refractivity contribution < 1.29 is 43.1 Å². The Morgan fingerprint density at radius 1 is 0.816 bits per heavy atom. The van der Waals surface area contributed by atoms with Crippen LogP contribution < -0.4 is 29.5 Å². The Labute approximate surface area is 515 Å². The number of aryl methyl sites for hydroxylation is 1. The van der Waals surface area contributed by atoms with Gasteiger partial charge in [-0.25, -0.2) is 9.97 Å². The normalized spacial score (nSPS) is 18.3. The number of amides is 1. The van der Waals surface area contributed by atoms with E-state index in [4.69, 9.17) is 59.7 Å². The lowest BCUT2D eigenvalue weighted by atomic mass is 9.99. The number of halogens is 1. The van der Waals surface area contributed by atoms with Crippen molar-refractivity contribution >= 4 is 57.1 Å². The van der Waals surface area contributed by atoms with Gasteiger partial charge in [-0.2, -0.15) is 24.8 Å². The van der Waals surface area contributed by atoms with Gasteiger partial charge in [0.15, 0.2) is 5.65 Å². The number of pyridine rings is 1. The maximum atomic E-state index is 13.6. The number of carbonyl (C=O) groups excluding carboxylic acids is 1. The summed E-state index contributed by atoms with van der Waals surface area (Å²) in [6.07, 6.45) is 14.9. The van der Waals surface area contributed by atoms with Crippen LogP contribution in [0.25, 0.3) is 16.4 Å². The first-order valence-corrected chi connectivity index (χ1v) is 31.4. The zero-order chi connectivity index (χ0) is 60.2. The second-order valence-electron chi connectivity index (χ2n) is 22.4. The summed E-state index contributed by atoms with van der Waals surface area (Å²) in [4.78, 5) is 44.2. The van der Waals surface area contributed by atoms with E-state index < -0.39 is 0 Å². The van der Waals surface area contributed by atoms with Crippen LogP contribution in [0.3, 0.4) is 0 Å². The molecular weight excluding hydrogens is 1130 g/mol. The number of ether oxygens (including phenoxy) is 7. The Bertz CT molecular complexity index is 3230. The Morgan fingerprint density at radius 3 is 2.32 bits per heavy atom. The third-order valence-corrected chi connectivity index (χ3v) is 17.0. The zero-order valence-electron chi connectivity index (χ0n) is 50.4. The van der Waals surface area contributed by atoms with Crippen LogP contribution >= 0.6 is 11.6 Å². The number of nitriles is 1. The van der Waals surface area contributed by atoms with E-state index in [9.17, 15) is 15.2 Å². The lowest BCUT2D eigenvalue weighted by Crippen LogP contribution is -2.55. The highest BCUT2D eigenvalue weighted by Crippen LogP contribution is 2.38. The van der Waals surface area contributed by atoms with Gasteiger partial charge in [-0.1, -0.05) is 54.9 Å². The van der Waals surface area contributed by atoms with Crippen molar-refractivity contribution in [3.05, 3.63) is 107 Å². The van der Waals surface area contributed by atoms with Crippen molar-refractivity contribution in [2.75, 3.05) is 152 Å². The Balaban J connectivity index is 0.571. The number of nitrogens with zero attached hydrogens (tertiary/aromatic N) is 12. The number of benzene rings is 2. The van der Waals surface area contributed by atoms with Crippen LogP contribution in [0, 0.1) is 11.3 Å². The summed E-state index contributed by atoms with van der Waals surface area (Å²) in [6, 6.07) is 21.1. The van der Waals surface area contributed by atoms with Crippen LogP contribution in [-0.4, -0.2) is 201 Å². The number of likely N-dealkylation sites (N-methyl/N-ethyl adjacent to an activating group) is 1. The maximum Gasteiger partial charge on any atom is 0.318 e. The molecule has 466 valence electrons. The highest BCUT2D eigenvalue weighted by Gasteiger charge is 2.34. The number of fused-ring (bicyclic) bond motifs is 3. The van der Waals surface area contributed by atoms with Gasteiger partial charge < -0.3 is 68.1 Å². The van der Waals surface area contributed by atoms with Crippen molar-refractivity contribution in [2.24, 2.45) is 0 Å².